The van der Waals surface area contributed by atoms with Crippen molar-refractivity contribution < 1.29 is 103 Å². The number of amides is 10. The molecule has 0 saturated carbocycles. The van der Waals surface area contributed by atoms with E-state index in [0.29, 0.717) is 12.0 Å². The number of carboxylic acid groups (broad SMARTS) is 3. The molecule has 0 aliphatic rings. The summed E-state index contributed by atoms with van der Waals surface area (Å²) in [5.74, 6) is -18.2. The molecule has 10 amide bonds. The molecule has 0 aliphatic heterocycles. The molecule has 20 N–H and O–H groups in total. The van der Waals surface area contributed by atoms with Crippen molar-refractivity contribution in [1.29, 1.82) is 0 Å². The topological polar surface area (TPSA) is 530 Å². The van der Waals surface area contributed by atoms with Gasteiger partial charge in [0.25, 0.3) is 0 Å². The van der Waals surface area contributed by atoms with Gasteiger partial charge in [-0.3, -0.25) is 57.5 Å². The van der Waals surface area contributed by atoms with Gasteiger partial charge in [0, 0.05) is 18.6 Å². The maximum Gasteiger partial charge on any atom is 0.326 e. The molecule has 0 fully saturated rings. The first kappa shape index (κ1) is 74.4. The number of aliphatic carboxylic acids is 3. The lowest BCUT2D eigenvalue weighted by atomic mass is 9.96. The molecule has 32 nitrogen and oxygen atoms in total. The standard InChI is InChI=1S/C54H79N11O21S/c1-7-24(3)41(51(82)59-34(18-29-11-15-31(70)16-12-29)49(80)65-44(27(6)68)53(84)63-42(54(85)86)25(4)8-2)62-50(81)37(22-66)61-47(78)36(20-40(74)75)60-52(83)43(26(5)67)64-48(79)33(17-28-9-13-30(69)14-10-28)57-38(71)21-56-46(77)35(19-39(72)73)58-45(76)32(55)23-87/h9-16,24-27,32-37,41-44,66-70,87H,7-8,17-23,55H2,1-6H3,(H,56,77)(H,57,71)(H,58,76)(H,59,82)(H,60,83)(H,61,78)(H,62,81)(H,63,84)(H,64,79)(H,65,80)(H,72,73)(H,74,75)(H,85,86)/t24-,25-,26+,27+,32-,33-,34-,35-,36-,37-,41-,42-,43-,44-/m0/s1. The third-order valence-corrected chi connectivity index (χ3v) is 13.9. The third-order valence-electron chi connectivity index (χ3n) is 13.5. The Kier molecular flexibility index (Phi) is 31.1. The van der Waals surface area contributed by atoms with Crippen LogP contribution in [-0.2, 0) is 75.2 Å². The molecule has 0 heterocycles. The molecule has 0 radical (unpaired) electrons. The quantitative estimate of drug-likeness (QED) is 0.0281. The summed E-state index contributed by atoms with van der Waals surface area (Å²) in [6.45, 7) is 6.37. The van der Waals surface area contributed by atoms with Crippen molar-refractivity contribution in [1.82, 2.24) is 53.2 Å². The molecule has 0 saturated heterocycles. The monoisotopic (exact) mass is 1250 g/mol. The van der Waals surface area contributed by atoms with Crippen LogP contribution < -0.4 is 58.9 Å². The maximum absolute atomic E-state index is 14.2. The minimum absolute atomic E-state index is 0.158. The summed E-state index contributed by atoms with van der Waals surface area (Å²) in [5, 5.41) is 103. The highest BCUT2D eigenvalue weighted by molar-refractivity contribution is 7.80. The van der Waals surface area contributed by atoms with Gasteiger partial charge in [-0.15, -0.1) is 0 Å². The van der Waals surface area contributed by atoms with E-state index in [1.807, 2.05) is 0 Å². The number of carboxylic acids is 3. The van der Waals surface area contributed by atoms with Gasteiger partial charge in [-0.25, -0.2) is 4.79 Å². The summed E-state index contributed by atoms with van der Waals surface area (Å²) in [5.41, 5.74) is 6.24. The van der Waals surface area contributed by atoms with Crippen molar-refractivity contribution >= 4 is 89.6 Å². The number of rotatable bonds is 37. The van der Waals surface area contributed by atoms with Crippen molar-refractivity contribution in [3.05, 3.63) is 59.7 Å². The first-order valence-electron chi connectivity index (χ1n) is 27.3. The number of aliphatic hydroxyl groups is 3. The Hall–Kier alpha value is -8.66. The fourth-order valence-electron chi connectivity index (χ4n) is 8.01. The molecule has 0 spiro atoms. The van der Waals surface area contributed by atoms with Crippen LogP contribution in [0.5, 0.6) is 11.5 Å². The fourth-order valence-corrected chi connectivity index (χ4v) is 8.17. The number of carbonyl (C=O) groups excluding carboxylic acids is 10. The van der Waals surface area contributed by atoms with Gasteiger partial charge in [0.2, 0.25) is 59.1 Å². The Morgan fingerprint density at radius 3 is 1.22 bits per heavy atom. The summed E-state index contributed by atoms with van der Waals surface area (Å²) in [7, 11) is 0. The van der Waals surface area contributed by atoms with Crippen LogP contribution in [0.3, 0.4) is 0 Å². The highest BCUT2D eigenvalue weighted by atomic mass is 32.1. The van der Waals surface area contributed by atoms with Crippen LogP contribution in [-0.4, -0.2) is 209 Å². The van der Waals surface area contributed by atoms with E-state index in [2.05, 4.69) is 65.8 Å². The minimum Gasteiger partial charge on any atom is -0.508 e. The lowest BCUT2D eigenvalue weighted by Gasteiger charge is -2.30. The molecule has 0 aliphatic carbocycles. The average Bonchev–Trinajstić information content (AvgIpc) is 3.58. The summed E-state index contributed by atoms with van der Waals surface area (Å²) in [6, 6.07) is -6.70. The highest BCUT2D eigenvalue weighted by Crippen LogP contribution is 2.16. The first-order chi connectivity index (χ1) is 40.8. The number of phenolic OH excluding ortho intramolecular Hbond substituents is 2. The van der Waals surface area contributed by atoms with E-state index in [1.54, 1.807) is 20.8 Å². The predicted octanol–water partition coefficient (Wildman–Crippen LogP) is -5.50. The Balaban J connectivity index is 2.41. The van der Waals surface area contributed by atoms with Crippen LogP contribution in [0.2, 0.25) is 0 Å². The number of nitrogens with one attached hydrogen (secondary N) is 10. The second kappa shape index (κ2) is 36.4. The zero-order chi connectivity index (χ0) is 66.0. The summed E-state index contributed by atoms with van der Waals surface area (Å²) in [4.78, 5) is 171. The molecule has 33 heteroatoms. The van der Waals surface area contributed by atoms with Gasteiger partial charge in [0.05, 0.1) is 44.2 Å². The third kappa shape index (κ3) is 25.1. The van der Waals surface area contributed by atoms with Gasteiger partial charge in [-0.05, 0) is 61.1 Å². The second-order valence-corrected chi connectivity index (χ2v) is 20.9. The Labute approximate surface area is 504 Å². The molecular formula is C54H79N11O21S. The number of benzene rings is 2. The van der Waals surface area contributed by atoms with E-state index in [9.17, 15) is 103 Å². The lowest BCUT2D eigenvalue weighted by Crippen LogP contribution is -2.63. The van der Waals surface area contributed by atoms with E-state index in [1.165, 1.54) is 55.5 Å². The summed E-state index contributed by atoms with van der Waals surface area (Å²) < 4.78 is 0. The van der Waals surface area contributed by atoms with Gasteiger partial charge >= 0.3 is 17.9 Å². The number of hydrogen-bond acceptors (Lipinski definition) is 20. The van der Waals surface area contributed by atoms with Gasteiger partial charge < -0.3 is 99.8 Å². The van der Waals surface area contributed by atoms with Gasteiger partial charge in [0.15, 0.2) is 0 Å². The number of aromatic hydroxyl groups is 2. The van der Waals surface area contributed by atoms with E-state index in [-0.39, 0.29) is 35.7 Å². The smallest absolute Gasteiger partial charge is 0.326 e. The van der Waals surface area contributed by atoms with Crippen LogP contribution in [0.15, 0.2) is 48.5 Å². The zero-order valence-electron chi connectivity index (χ0n) is 48.5. The van der Waals surface area contributed by atoms with Crippen LogP contribution in [0.4, 0.5) is 0 Å². The Morgan fingerprint density at radius 2 is 0.805 bits per heavy atom. The fraction of sp³-hybridized carbons (Fsp3) is 0.537. The van der Waals surface area contributed by atoms with E-state index < -0.39 is 194 Å². The van der Waals surface area contributed by atoms with Crippen molar-refractivity contribution in [3.8, 4) is 11.5 Å². The van der Waals surface area contributed by atoms with Gasteiger partial charge in [-0.2, -0.15) is 12.6 Å². The van der Waals surface area contributed by atoms with Crippen molar-refractivity contribution in [2.24, 2.45) is 17.6 Å². The molecule has 2 aromatic rings. The molecule has 2 aromatic carbocycles. The van der Waals surface area contributed by atoms with E-state index in [4.69, 9.17) is 5.73 Å². The summed E-state index contributed by atoms with van der Waals surface area (Å²) in [6.07, 6.45) is -5.86. The molecule has 2 rings (SSSR count). The normalized spacial score (nSPS) is 15.9. The van der Waals surface area contributed by atoms with Crippen LogP contribution >= 0.6 is 12.6 Å². The second-order valence-electron chi connectivity index (χ2n) is 20.5. The van der Waals surface area contributed by atoms with Crippen molar-refractivity contribution in [2.45, 2.75) is 153 Å². The highest BCUT2D eigenvalue weighted by Gasteiger charge is 2.39. The number of nitrogens with two attached hydrogens (primary N) is 1. The van der Waals surface area contributed by atoms with E-state index in [0.717, 1.165) is 13.8 Å². The molecule has 0 bridgehead atoms. The molecule has 0 aromatic heterocycles. The largest absolute Gasteiger partial charge is 0.508 e. The van der Waals surface area contributed by atoms with Crippen LogP contribution in [0.1, 0.15) is 78.4 Å². The van der Waals surface area contributed by atoms with Crippen molar-refractivity contribution in [2.75, 3.05) is 18.9 Å². The number of carbonyl (C=O) groups is 13. The first-order valence-corrected chi connectivity index (χ1v) is 28.0. The Bertz CT molecular complexity index is 2740. The average molecular weight is 1250 g/mol. The van der Waals surface area contributed by atoms with Crippen LogP contribution in [0, 0.1) is 11.8 Å². The molecule has 0 unspecified atom stereocenters. The Morgan fingerprint density at radius 1 is 0.460 bits per heavy atom. The molecule has 14 atom stereocenters. The molecular weight excluding hydrogens is 1170 g/mol. The van der Waals surface area contributed by atoms with E-state index >= 15 is 0 Å². The van der Waals surface area contributed by atoms with Gasteiger partial charge in [-0.1, -0.05) is 64.8 Å². The predicted molar refractivity (Wildman–Crippen MR) is 307 cm³/mol. The number of thiol groups is 1. The number of phenols is 2. The number of aliphatic hydroxyl groups excluding tert-OH is 3. The number of hydrogen-bond donors (Lipinski definition) is 20. The minimum atomic E-state index is -2.14. The lowest BCUT2D eigenvalue weighted by molar-refractivity contribution is -0.144. The zero-order valence-corrected chi connectivity index (χ0v) is 49.4. The van der Waals surface area contributed by atoms with Gasteiger partial charge in [0.1, 0.15) is 65.9 Å². The molecule has 87 heavy (non-hydrogen) atoms. The summed E-state index contributed by atoms with van der Waals surface area (Å²) >= 11 is 3.88. The van der Waals surface area contributed by atoms with Crippen molar-refractivity contribution in [3.63, 3.8) is 0 Å². The SMILES string of the molecule is CC[C@H](C)[C@H](NC(=O)[C@@H](NC(=O)[C@H](Cc1ccc(O)cc1)NC(=O)[C@@H](NC(=O)[C@H](CO)NC(=O)[C@H](CC(=O)O)NC(=O)[C@@H](NC(=O)[C@H](Cc1ccc(O)cc1)NC(=O)CNC(=O)[C@H](CC(=O)O)NC(=O)[C@@H](N)CS)[C@@H](C)O)[C@@H](C)CC)[C@@H](C)O)C(=O)O. The maximum atomic E-state index is 14.2. The van der Waals surface area contributed by atoms with Crippen LogP contribution in [0.25, 0.3) is 0 Å². The molecule has 482 valence electrons.